The maximum Gasteiger partial charge on any atom is 0.270 e. The van der Waals surface area contributed by atoms with Crippen molar-refractivity contribution in [1.82, 2.24) is 10.2 Å². The highest BCUT2D eigenvalue weighted by atomic mass is 16.3. The zero-order chi connectivity index (χ0) is 15.7. The highest BCUT2D eigenvalue weighted by molar-refractivity contribution is 5.83. The van der Waals surface area contributed by atoms with Gasteiger partial charge in [-0.2, -0.15) is 5.11 Å². The summed E-state index contributed by atoms with van der Waals surface area (Å²) in [4.78, 5) is 23.3. The number of aromatic hydroxyl groups is 1. The van der Waals surface area contributed by atoms with Crippen molar-refractivity contribution in [3.05, 3.63) is 62.7 Å². The Kier molecular flexibility index (Phi) is 3.30. The smallest absolute Gasteiger partial charge is 0.270 e. The molecule has 0 bridgehead atoms. The number of rotatable bonds is 2. The number of azo groups is 1. The van der Waals surface area contributed by atoms with Crippen LogP contribution in [-0.4, -0.2) is 15.3 Å². The number of fused-ring (bicyclic) bond motifs is 1. The first kappa shape index (κ1) is 13.7. The molecule has 0 saturated heterocycles. The van der Waals surface area contributed by atoms with Gasteiger partial charge in [-0.3, -0.25) is 19.8 Å². The molecule has 0 fully saturated rings. The number of aryl methyl sites for hydroxylation is 1. The summed E-state index contributed by atoms with van der Waals surface area (Å²) < 4.78 is 0. The lowest BCUT2D eigenvalue weighted by atomic mass is 10.2. The summed E-state index contributed by atoms with van der Waals surface area (Å²) >= 11 is 0. The number of hydrogen-bond acceptors (Lipinski definition) is 5. The lowest BCUT2D eigenvalue weighted by Gasteiger charge is -2.00. The van der Waals surface area contributed by atoms with Crippen molar-refractivity contribution in [3.8, 4) is 5.75 Å². The average Bonchev–Trinajstić information content (AvgIpc) is 2.52. The van der Waals surface area contributed by atoms with Crippen LogP contribution in [0.1, 0.15) is 5.56 Å². The minimum Gasteiger partial charge on any atom is -0.506 e. The van der Waals surface area contributed by atoms with Gasteiger partial charge in [0.15, 0.2) is 0 Å². The van der Waals surface area contributed by atoms with E-state index in [0.29, 0.717) is 11.4 Å². The van der Waals surface area contributed by atoms with Crippen molar-refractivity contribution < 1.29 is 5.11 Å². The van der Waals surface area contributed by atoms with Gasteiger partial charge in [-0.1, -0.05) is 6.07 Å². The second-order valence-corrected chi connectivity index (χ2v) is 4.83. The van der Waals surface area contributed by atoms with E-state index in [9.17, 15) is 14.7 Å². The summed E-state index contributed by atoms with van der Waals surface area (Å²) in [6.45, 7) is 1.88. The normalized spacial score (nSPS) is 11.3. The Bertz CT molecular complexity index is 1000. The Morgan fingerprint density at radius 2 is 1.64 bits per heavy atom. The first-order valence-corrected chi connectivity index (χ1v) is 6.51. The van der Waals surface area contributed by atoms with Crippen LogP contribution < -0.4 is 11.1 Å². The van der Waals surface area contributed by atoms with Gasteiger partial charge in [0.25, 0.3) is 11.1 Å². The van der Waals surface area contributed by atoms with E-state index in [2.05, 4.69) is 20.4 Å². The minimum absolute atomic E-state index is 0.0180. The highest BCUT2D eigenvalue weighted by Gasteiger charge is 2.04. The fourth-order valence-electron chi connectivity index (χ4n) is 2.05. The van der Waals surface area contributed by atoms with Gasteiger partial charge >= 0.3 is 0 Å². The Labute approximate surface area is 124 Å². The zero-order valence-electron chi connectivity index (χ0n) is 11.6. The second-order valence-electron chi connectivity index (χ2n) is 4.83. The molecule has 3 aromatic rings. The molecule has 0 spiro atoms. The lowest BCUT2D eigenvalue weighted by Crippen LogP contribution is -2.18. The SMILES string of the molecule is Cc1ccc(O)c(N=Nc2ccc3c(=O)[nH][nH]c(=O)c3c2)c1. The molecule has 0 radical (unpaired) electrons. The van der Waals surface area contributed by atoms with Gasteiger partial charge in [-0.15, -0.1) is 5.11 Å². The molecular weight excluding hydrogens is 284 g/mol. The van der Waals surface area contributed by atoms with Crippen LogP contribution >= 0.6 is 0 Å². The Morgan fingerprint density at radius 1 is 0.909 bits per heavy atom. The molecule has 1 aromatic heterocycles. The van der Waals surface area contributed by atoms with Crippen LogP contribution in [0.3, 0.4) is 0 Å². The first-order chi connectivity index (χ1) is 10.5. The minimum atomic E-state index is -0.412. The molecule has 1 heterocycles. The third-order valence-corrected chi connectivity index (χ3v) is 3.19. The largest absolute Gasteiger partial charge is 0.506 e. The number of hydrogen-bond donors (Lipinski definition) is 3. The molecular formula is C15H12N4O3. The number of aromatic amines is 2. The molecule has 0 atom stereocenters. The van der Waals surface area contributed by atoms with Crippen LogP contribution in [0.5, 0.6) is 5.75 Å². The average molecular weight is 296 g/mol. The van der Waals surface area contributed by atoms with Gasteiger partial charge < -0.3 is 5.11 Å². The number of phenols is 1. The van der Waals surface area contributed by atoms with Crippen LogP contribution in [-0.2, 0) is 0 Å². The molecule has 3 rings (SSSR count). The molecule has 3 N–H and O–H groups in total. The number of nitrogens with zero attached hydrogens (tertiary/aromatic N) is 2. The standard InChI is InChI=1S/C15H12N4O3/c1-8-2-5-13(20)12(6-8)17-16-9-3-4-10-11(7-9)15(22)19-18-14(10)21/h2-7,20H,1H3,(H,18,21)(H,19,22). The van der Waals surface area contributed by atoms with E-state index in [1.807, 2.05) is 6.92 Å². The van der Waals surface area contributed by atoms with Crippen molar-refractivity contribution in [2.24, 2.45) is 10.2 Å². The Morgan fingerprint density at radius 3 is 2.41 bits per heavy atom. The van der Waals surface area contributed by atoms with Crippen molar-refractivity contribution >= 4 is 22.1 Å². The quantitative estimate of drug-likeness (QED) is 0.632. The van der Waals surface area contributed by atoms with E-state index < -0.39 is 5.56 Å². The van der Waals surface area contributed by atoms with E-state index in [1.165, 1.54) is 18.2 Å². The third kappa shape index (κ3) is 2.51. The molecule has 7 heteroatoms. The van der Waals surface area contributed by atoms with Crippen LogP contribution in [0.4, 0.5) is 11.4 Å². The summed E-state index contributed by atoms with van der Waals surface area (Å²) in [6, 6.07) is 9.54. The topological polar surface area (TPSA) is 111 Å². The van der Waals surface area contributed by atoms with Gasteiger partial charge in [0.2, 0.25) is 0 Å². The molecule has 0 aliphatic rings. The maximum atomic E-state index is 11.7. The number of nitrogens with one attached hydrogen (secondary N) is 2. The van der Waals surface area contributed by atoms with E-state index in [-0.39, 0.29) is 22.1 Å². The predicted octanol–water partition coefficient (Wildman–Crippen LogP) is 2.65. The highest BCUT2D eigenvalue weighted by Crippen LogP contribution is 2.29. The van der Waals surface area contributed by atoms with Gasteiger partial charge in [0.05, 0.1) is 16.5 Å². The monoisotopic (exact) mass is 296 g/mol. The molecule has 110 valence electrons. The van der Waals surface area contributed by atoms with Crippen molar-refractivity contribution in [3.63, 3.8) is 0 Å². The first-order valence-electron chi connectivity index (χ1n) is 6.51. The second kappa shape index (κ2) is 5.28. The molecule has 0 saturated carbocycles. The van der Waals surface area contributed by atoms with E-state index in [4.69, 9.17) is 0 Å². The number of phenolic OH excluding ortho intramolecular Hbond substituents is 1. The fourth-order valence-corrected chi connectivity index (χ4v) is 2.05. The van der Waals surface area contributed by atoms with Gasteiger partial charge in [0, 0.05) is 0 Å². The van der Waals surface area contributed by atoms with E-state index >= 15 is 0 Å². The molecule has 22 heavy (non-hydrogen) atoms. The van der Waals surface area contributed by atoms with Gasteiger partial charge in [-0.25, -0.2) is 0 Å². The van der Waals surface area contributed by atoms with Crippen LogP contribution in [0.25, 0.3) is 10.8 Å². The van der Waals surface area contributed by atoms with Crippen molar-refractivity contribution in [1.29, 1.82) is 0 Å². The number of benzene rings is 2. The van der Waals surface area contributed by atoms with Crippen molar-refractivity contribution in [2.75, 3.05) is 0 Å². The summed E-state index contributed by atoms with van der Waals surface area (Å²) in [7, 11) is 0. The summed E-state index contributed by atoms with van der Waals surface area (Å²) in [5, 5.41) is 22.7. The molecule has 0 amide bonds. The third-order valence-electron chi connectivity index (χ3n) is 3.19. The van der Waals surface area contributed by atoms with Crippen LogP contribution in [0.2, 0.25) is 0 Å². The molecule has 0 aliphatic carbocycles. The van der Waals surface area contributed by atoms with E-state index in [1.54, 1.807) is 18.2 Å². The Hall–Kier alpha value is -3.22. The zero-order valence-corrected chi connectivity index (χ0v) is 11.6. The molecule has 0 unspecified atom stereocenters. The van der Waals surface area contributed by atoms with Gasteiger partial charge in [-0.05, 0) is 42.8 Å². The number of H-pyrrole nitrogens is 2. The number of aromatic nitrogens is 2. The molecule has 0 aliphatic heterocycles. The summed E-state index contributed by atoms with van der Waals surface area (Å²) in [6.07, 6.45) is 0. The van der Waals surface area contributed by atoms with Crippen LogP contribution in [0, 0.1) is 6.92 Å². The fraction of sp³-hybridized carbons (Fsp3) is 0.0667. The summed E-state index contributed by atoms with van der Waals surface area (Å²) in [5.41, 5.74) is 0.886. The van der Waals surface area contributed by atoms with Crippen LogP contribution in [0.15, 0.2) is 56.2 Å². The van der Waals surface area contributed by atoms with Gasteiger partial charge in [0.1, 0.15) is 11.4 Å². The predicted molar refractivity (Wildman–Crippen MR) is 82.2 cm³/mol. The molecule has 2 aromatic carbocycles. The Balaban J connectivity index is 2.06. The van der Waals surface area contributed by atoms with Crippen molar-refractivity contribution in [2.45, 2.75) is 6.92 Å². The summed E-state index contributed by atoms with van der Waals surface area (Å²) in [5.74, 6) is 0.0180. The van der Waals surface area contributed by atoms with E-state index in [0.717, 1.165) is 5.56 Å². The lowest BCUT2D eigenvalue weighted by molar-refractivity contribution is 0.476. The maximum absolute atomic E-state index is 11.7. The molecule has 7 nitrogen and oxygen atoms in total.